The summed E-state index contributed by atoms with van der Waals surface area (Å²) < 4.78 is 1.59. The maximum Gasteiger partial charge on any atom is 0.263 e. The Morgan fingerprint density at radius 1 is 0.871 bits per heavy atom. The summed E-state index contributed by atoms with van der Waals surface area (Å²) in [6, 6.07) is 23.8. The fraction of sp³-hybridized carbons (Fsp3) is 0.0400. The summed E-state index contributed by atoms with van der Waals surface area (Å²) in [6.07, 6.45) is 1.58. The highest BCUT2D eigenvalue weighted by atomic mass is 35.5. The van der Waals surface area contributed by atoms with E-state index in [4.69, 9.17) is 23.2 Å². The van der Waals surface area contributed by atoms with Gasteiger partial charge in [-0.05, 0) is 34.4 Å². The highest BCUT2D eigenvalue weighted by molar-refractivity contribution is 7.17. The molecule has 0 bridgehead atoms. The van der Waals surface area contributed by atoms with Crippen LogP contribution in [0.5, 0.6) is 0 Å². The summed E-state index contributed by atoms with van der Waals surface area (Å²) in [5.74, 6) is 0. The van der Waals surface area contributed by atoms with Crippen LogP contribution >= 0.6 is 34.5 Å². The Labute approximate surface area is 193 Å². The van der Waals surface area contributed by atoms with Gasteiger partial charge in [-0.15, -0.1) is 11.3 Å². The van der Waals surface area contributed by atoms with Crippen molar-refractivity contribution in [1.82, 2.24) is 9.55 Å². The highest BCUT2D eigenvalue weighted by Gasteiger charge is 2.14. The van der Waals surface area contributed by atoms with Gasteiger partial charge in [0.1, 0.15) is 4.83 Å². The maximum absolute atomic E-state index is 13.3. The van der Waals surface area contributed by atoms with E-state index in [9.17, 15) is 4.79 Å². The summed E-state index contributed by atoms with van der Waals surface area (Å²) in [5.41, 5.74) is 4.92. The fourth-order valence-corrected chi connectivity index (χ4v) is 4.97. The number of benzene rings is 3. The molecule has 0 aliphatic carbocycles. The maximum atomic E-state index is 13.3. The topological polar surface area (TPSA) is 34.9 Å². The first-order chi connectivity index (χ1) is 15.1. The van der Waals surface area contributed by atoms with Crippen LogP contribution in [0.3, 0.4) is 0 Å². The number of hydrogen-bond acceptors (Lipinski definition) is 3. The van der Waals surface area contributed by atoms with Crippen molar-refractivity contribution >= 4 is 44.8 Å². The van der Waals surface area contributed by atoms with Gasteiger partial charge in [-0.25, -0.2) is 4.98 Å². The molecule has 2 heterocycles. The van der Waals surface area contributed by atoms with Crippen molar-refractivity contribution in [2.45, 2.75) is 6.54 Å². The Morgan fingerprint density at radius 3 is 2.32 bits per heavy atom. The van der Waals surface area contributed by atoms with Crippen molar-refractivity contribution in [2.24, 2.45) is 0 Å². The standard InChI is InChI=1S/C25H16Cl2N2OS/c26-20-11-10-19(22(27)12-20)13-29-15-28-24-23(25(29)30)21(14-31-24)18-8-6-17(7-9-18)16-4-2-1-3-5-16/h1-12,14-15H,13H2. The van der Waals surface area contributed by atoms with E-state index in [2.05, 4.69) is 41.4 Å². The zero-order valence-corrected chi connectivity index (χ0v) is 18.6. The van der Waals surface area contributed by atoms with Gasteiger partial charge in [-0.3, -0.25) is 9.36 Å². The minimum absolute atomic E-state index is 0.0839. The van der Waals surface area contributed by atoms with Gasteiger partial charge in [0.05, 0.1) is 18.3 Å². The Balaban J connectivity index is 1.54. The van der Waals surface area contributed by atoms with Gasteiger partial charge < -0.3 is 0 Å². The van der Waals surface area contributed by atoms with E-state index in [-0.39, 0.29) is 5.56 Å². The Kier molecular flexibility index (Phi) is 5.36. The van der Waals surface area contributed by atoms with Gasteiger partial charge in [0.2, 0.25) is 0 Å². The van der Waals surface area contributed by atoms with E-state index in [1.165, 1.54) is 11.3 Å². The molecule has 3 aromatic carbocycles. The van der Waals surface area contributed by atoms with Crippen molar-refractivity contribution in [2.75, 3.05) is 0 Å². The summed E-state index contributed by atoms with van der Waals surface area (Å²) in [5, 5.41) is 3.72. The average molecular weight is 463 g/mol. The van der Waals surface area contributed by atoms with Crippen molar-refractivity contribution in [3.63, 3.8) is 0 Å². The predicted molar refractivity (Wildman–Crippen MR) is 130 cm³/mol. The summed E-state index contributed by atoms with van der Waals surface area (Å²) >= 11 is 13.8. The lowest BCUT2D eigenvalue weighted by Crippen LogP contribution is -2.21. The SMILES string of the molecule is O=c1c2c(-c3ccc(-c4ccccc4)cc3)csc2ncn1Cc1ccc(Cl)cc1Cl. The molecule has 0 saturated heterocycles. The van der Waals surface area contributed by atoms with Gasteiger partial charge in [-0.2, -0.15) is 0 Å². The zero-order chi connectivity index (χ0) is 21.4. The first-order valence-electron chi connectivity index (χ1n) is 9.66. The molecule has 5 rings (SSSR count). The molecule has 0 atom stereocenters. The summed E-state index contributed by atoms with van der Waals surface area (Å²) in [4.78, 5) is 18.6. The first-order valence-corrected chi connectivity index (χ1v) is 11.3. The molecule has 152 valence electrons. The largest absolute Gasteiger partial charge is 0.294 e. The van der Waals surface area contributed by atoms with Gasteiger partial charge in [0.25, 0.3) is 5.56 Å². The molecule has 0 saturated carbocycles. The number of rotatable bonds is 4. The van der Waals surface area contributed by atoms with Gasteiger partial charge in [-0.1, -0.05) is 83.9 Å². The van der Waals surface area contributed by atoms with E-state index < -0.39 is 0 Å². The number of fused-ring (bicyclic) bond motifs is 1. The minimum Gasteiger partial charge on any atom is -0.294 e. The summed E-state index contributed by atoms with van der Waals surface area (Å²) in [7, 11) is 0. The third-order valence-electron chi connectivity index (χ3n) is 5.22. The quantitative estimate of drug-likeness (QED) is 0.284. The first kappa shape index (κ1) is 20.0. The molecular formula is C25H16Cl2N2OS. The molecule has 2 aromatic heterocycles. The van der Waals surface area contributed by atoms with Crippen molar-refractivity contribution in [3.05, 3.63) is 110 Å². The molecular weight excluding hydrogens is 447 g/mol. The molecule has 0 aliphatic heterocycles. The van der Waals surface area contributed by atoms with Crippen LogP contribution in [0.15, 0.2) is 89.3 Å². The second-order valence-corrected chi connectivity index (χ2v) is 8.89. The average Bonchev–Trinajstić information content (AvgIpc) is 3.23. The summed E-state index contributed by atoms with van der Waals surface area (Å²) in [6.45, 7) is 0.333. The molecule has 31 heavy (non-hydrogen) atoms. The van der Waals surface area contributed by atoms with Gasteiger partial charge in [0, 0.05) is 21.0 Å². The van der Waals surface area contributed by atoms with E-state index in [0.29, 0.717) is 22.0 Å². The molecule has 5 aromatic rings. The van der Waals surface area contributed by atoms with Crippen LogP contribution in [0.2, 0.25) is 10.0 Å². The predicted octanol–water partition coefficient (Wildman–Crippen LogP) is 7.15. The van der Waals surface area contributed by atoms with Crippen LogP contribution in [0.1, 0.15) is 5.56 Å². The number of aromatic nitrogens is 2. The minimum atomic E-state index is -0.0839. The molecule has 0 amide bonds. The number of thiophene rings is 1. The molecule has 0 spiro atoms. The Hall–Kier alpha value is -2.92. The molecule has 6 heteroatoms. The number of hydrogen-bond donors (Lipinski definition) is 0. The molecule has 0 fully saturated rings. The lowest BCUT2D eigenvalue weighted by molar-refractivity contribution is 0.750. The van der Waals surface area contributed by atoms with Crippen LogP contribution in [0.4, 0.5) is 0 Å². The van der Waals surface area contributed by atoms with E-state index in [1.807, 2.05) is 29.6 Å². The second kappa shape index (κ2) is 8.31. The van der Waals surface area contributed by atoms with Crippen molar-refractivity contribution in [3.8, 4) is 22.3 Å². The molecule has 0 radical (unpaired) electrons. The molecule has 0 unspecified atom stereocenters. The number of halogens is 2. The third kappa shape index (κ3) is 3.90. The lowest BCUT2D eigenvalue weighted by atomic mass is 10.0. The van der Waals surface area contributed by atoms with Crippen LogP contribution in [0.25, 0.3) is 32.5 Å². The molecule has 3 nitrogen and oxygen atoms in total. The van der Waals surface area contributed by atoms with E-state index in [0.717, 1.165) is 32.6 Å². The monoisotopic (exact) mass is 462 g/mol. The second-order valence-electron chi connectivity index (χ2n) is 7.19. The highest BCUT2D eigenvalue weighted by Crippen LogP contribution is 2.32. The van der Waals surface area contributed by atoms with Gasteiger partial charge >= 0.3 is 0 Å². The van der Waals surface area contributed by atoms with Crippen LogP contribution in [0, 0.1) is 0 Å². The van der Waals surface area contributed by atoms with Crippen molar-refractivity contribution in [1.29, 1.82) is 0 Å². The Morgan fingerprint density at radius 2 is 1.58 bits per heavy atom. The lowest BCUT2D eigenvalue weighted by Gasteiger charge is -2.09. The van der Waals surface area contributed by atoms with Crippen LogP contribution < -0.4 is 5.56 Å². The molecule has 0 aliphatic rings. The van der Waals surface area contributed by atoms with Gasteiger partial charge in [0.15, 0.2) is 0 Å². The smallest absolute Gasteiger partial charge is 0.263 e. The van der Waals surface area contributed by atoms with Crippen LogP contribution in [-0.4, -0.2) is 9.55 Å². The zero-order valence-electron chi connectivity index (χ0n) is 16.3. The van der Waals surface area contributed by atoms with E-state index >= 15 is 0 Å². The molecule has 0 N–H and O–H groups in total. The van der Waals surface area contributed by atoms with E-state index in [1.54, 1.807) is 23.0 Å². The van der Waals surface area contributed by atoms with Crippen molar-refractivity contribution < 1.29 is 0 Å². The van der Waals surface area contributed by atoms with Crippen LogP contribution in [-0.2, 0) is 6.54 Å². The fourth-order valence-electron chi connectivity index (χ4n) is 3.60. The normalized spacial score (nSPS) is 11.2. The third-order valence-corrected chi connectivity index (χ3v) is 6.69. The number of nitrogens with zero attached hydrogens (tertiary/aromatic N) is 2. The Bertz CT molecular complexity index is 1440.